The molecule has 0 spiro atoms. The SMILES string of the molecule is COc1ccc2c(c1)CCc1cc(C(=O)O[C@H](C)C(=O)NCc3ccco3)sc1-2. The molecule has 4 rings (SSSR count). The molecule has 2 aromatic heterocycles. The third kappa shape index (κ3) is 4.05. The minimum atomic E-state index is -0.895. The average molecular weight is 411 g/mol. The summed E-state index contributed by atoms with van der Waals surface area (Å²) in [5.74, 6) is 0.615. The average Bonchev–Trinajstić information content (AvgIpc) is 3.41. The Hall–Kier alpha value is -3.06. The summed E-state index contributed by atoms with van der Waals surface area (Å²) < 4.78 is 15.9. The summed E-state index contributed by atoms with van der Waals surface area (Å²) in [6.07, 6.45) is 2.40. The second kappa shape index (κ2) is 8.13. The predicted molar refractivity (Wildman–Crippen MR) is 109 cm³/mol. The van der Waals surface area contributed by atoms with E-state index in [9.17, 15) is 9.59 Å². The van der Waals surface area contributed by atoms with Crippen molar-refractivity contribution >= 4 is 23.2 Å². The van der Waals surface area contributed by atoms with Crippen LogP contribution in [0, 0.1) is 0 Å². The zero-order chi connectivity index (χ0) is 20.4. The van der Waals surface area contributed by atoms with E-state index in [2.05, 4.69) is 5.32 Å². The van der Waals surface area contributed by atoms with Crippen molar-refractivity contribution in [3.63, 3.8) is 0 Å². The molecule has 1 N–H and O–H groups in total. The van der Waals surface area contributed by atoms with Crippen LogP contribution in [0.4, 0.5) is 0 Å². The smallest absolute Gasteiger partial charge is 0.349 e. The quantitative estimate of drug-likeness (QED) is 0.621. The first kappa shape index (κ1) is 19.3. The Kier molecular flexibility index (Phi) is 5.40. The van der Waals surface area contributed by atoms with Crippen molar-refractivity contribution in [1.82, 2.24) is 5.32 Å². The first-order valence-corrected chi connectivity index (χ1v) is 10.2. The van der Waals surface area contributed by atoms with Gasteiger partial charge in [0.25, 0.3) is 5.91 Å². The van der Waals surface area contributed by atoms with E-state index in [0.717, 1.165) is 34.6 Å². The van der Waals surface area contributed by atoms with E-state index in [0.29, 0.717) is 10.6 Å². The Morgan fingerprint density at radius 2 is 2.03 bits per heavy atom. The van der Waals surface area contributed by atoms with Crippen molar-refractivity contribution in [2.75, 3.05) is 7.11 Å². The Balaban J connectivity index is 1.43. The molecule has 2 heterocycles. The predicted octanol–water partition coefficient (Wildman–Crippen LogP) is 3.98. The van der Waals surface area contributed by atoms with Crippen LogP contribution in [0.15, 0.2) is 47.1 Å². The summed E-state index contributed by atoms with van der Waals surface area (Å²) >= 11 is 1.40. The van der Waals surface area contributed by atoms with E-state index in [1.54, 1.807) is 26.2 Å². The van der Waals surface area contributed by atoms with E-state index in [4.69, 9.17) is 13.9 Å². The fourth-order valence-electron chi connectivity index (χ4n) is 3.34. The van der Waals surface area contributed by atoms with E-state index in [-0.39, 0.29) is 12.5 Å². The van der Waals surface area contributed by atoms with Crippen LogP contribution in [0.3, 0.4) is 0 Å². The van der Waals surface area contributed by atoms with Crippen LogP contribution in [0.1, 0.15) is 33.5 Å². The molecule has 1 atom stereocenters. The Labute approximate surface area is 172 Å². The molecule has 0 unspecified atom stereocenters. The highest BCUT2D eigenvalue weighted by Crippen LogP contribution is 2.41. The lowest BCUT2D eigenvalue weighted by atomic mass is 9.91. The van der Waals surface area contributed by atoms with E-state index < -0.39 is 12.1 Å². The number of hydrogen-bond donors (Lipinski definition) is 1. The number of rotatable bonds is 6. The van der Waals surface area contributed by atoms with Crippen molar-refractivity contribution in [2.24, 2.45) is 0 Å². The number of thiophene rings is 1. The van der Waals surface area contributed by atoms with Gasteiger partial charge in [-0.3, -0.25) is 4.79 Å². The summed E-state index contributed by atoms with van der Waals surface area (Å²) in [5, 5.41) is 2.70. The van der Waals surface area contributed by atoms with Crippen LogP contribution in [0.2, 0.25) is 0 Å². The van der Waals surface area contributed by atoms with Gasteiger partial charge < -0.3 is 19.2 Å². The highest BCUT2D eigenvalue weighted by atomic mass is 32.1. The summed E-state index contributed by atoms with van der Waals surface area (Å²) in [6, 6.07) is 11.4. The second-order valence-electron chi connectivity index (χ2n) is 6.83. The minimum absolute atomic E-state index is 0.251. The van der Waals surface area contributed by atoms with Crippen molar-refractivity contribution in [3.8, 4) is 16.2 Å². The Morgan fingerprint density at radius 1 is 1.21 bits per heavy atom. The van der Waals surface area contributed by atoms with Crippen molar-refractivity contribution in [2.45, 2.75) is 32.4 Å². The van der Waals surface area contributed by atoms with Crippen LogP contribution in [0.25, 0.3) is 10.4 Å². The van der Waals surface area contributed by atoms with E-state index in [1.807, 2.05) is 24.3 Å². The van der Waals surface area contributed by atoms with Gasteiger partial charge in [0, 0.05) is 4.88 Å². The summed E-state index contributed by atoms with van der Waals surface area (Å²) in [6.45, 7) is 1.81. The molecule has 29 heavy (non-hydrogen) atoms. The highest BCUT2D eigenvalue weighted by molar-refractivity contribution is 7.17. The maximum absolute atomic E-state index is 12.6. The molecular formula is C22H21NO5S. The first-order chi connectivity index (χ1) is 14.0. The molecule has 1 aliphatic carbocycles. The third-order valence-electron chi connectivity index (χ3n) is 4.90. The largest absolute Gasteiger partial charge is 0.497 e. The molecule has 0 aliphatic heterocycles. The third-order valence-corrected chi connectivity index (χ3v) is 6.09. The number of methoxy groups -OCH3 is 1. The van der Waals surface area contributed by atoms with Crippen LogP contribution < -0.4 is 10.1 Å². The molecular weight excluding hydrogens is 390 g/mol. The molecule has 0 saturated heterocycles. The highest BCUT2D eigenvalue weighted by Gasteiger charge is 2.25. The summed E-state index contributed by atoms with van der Waals surface area (Å²) in [7, 11) is 1.65. The number of benzene rings is 1. The van der Waals surface area contributed by atoms with Gasteiger partial charge >= 0.3 is 5.97 Å². The van der Waals surface area contributed by atoms with Gasteiger partial charge in [-0.2, -0.15) is 0 Å². The molecule has 1 aromatic carbocycles. The molecule has 6 nitrogen and oxygen atoms in total. The van der Waals surface area contributed by atoms with Crippen LogP contribution >= 0.6 is 11.3 Å². The van der Waals surface area contributed by atoms with Crippen LogP contribution in [0.5, 0.6) is 5.75 Å². The number of hydrogen-bond acceptors (Lipinski definition) is 6. The van der Waals surface area contributed by atoms with Gasteiger partial charge in [0.05, 0.1) is 19.9 Å². The van der Waals surface area contributed by atoms with Gasteiger partial charge in [0.1, 0.15) is 16.4 Å². The fourth-order valence-corrected chi connectivity index (χ4v) is 4.49. The number of nitrogens with one attached hydrogen (secondary N) is 1. The molecule has 1 amide bonds. The molecule has 3 aromatic rings. The van der Waals surface area contributed by atoms with Gasteiger partial charge in [-0.1, -0.05) is 0 Å². The van der Waals surface area contributed by atoms with Gasteiger partial charge in [-0.25, -0.2) is 4.79 Å². The number of ether oxygens (including phenoxy) is 2. The summed E-state index contributed by atoms with van der Waals surface area (Å²) in [5.41, 5.74) is 3.47. The number of amides is 1. The van der Waals surface area contributed by atoms with E-state index >= 15 is 0 Å². The Morgan fingerprint density at radius 3 is 2.79 bits per heavy atom. The van der Waals surface area contributed by atoms with E-state index in [1.165, 1.54) is 23.2 Å². The zero-order valence-corrected chi connectivity index (χ0v) is 17.0. The second-order valence-corrected chi connectivity index (χ2v) is 7.88. The van der Waals surface area contributed by atoms with Gasteiger partial charge in [-0.15, -0.1) is 11.3 Å². The normalized spacial score (nSPS) is 13.2. The van der Waals surface area contributed by atoms with Crippen LogP contribution in [-0.2, 0) is 28.9 Å². The van der Waals surface area contributed by atoms with Crippen LogP contribution in [-0.4, -0.2) is 25.1 Å². The number of aryl methyl sites for hydroxylation is 2. The molecule has 0 fully saturated rings. The lowest BCUT2D eigenvalue weighted by Crippen LogP contribution is -2.35. The maximum atomic E-state index is 12.6. The Bertz CT molecular complexity index is 1040. The maximum Gasteiger partial charge on any atom is 0.349 e. The molecule has 0 radical (unpaired) electrons. The molecule has 0 bridgehead atoms. The van der Waals surface area contributed by atoms with Gasteiger partial charge in [0.15, 0.2) is 6.10 Å². The van der Waals surface area contributed by atoms with Gasteiger partial charge in [-0.05, 0) is 72.9 Å². The lowest BCUT2D eigenvalue weighted by molar-refractivity contribution is -0.129. The molecule has 0 saturated carbocycles. The van der Waals surface area contributed by atoms with Crippen molar-refractivity contribution in [3.05, 3.63) is 64.4 Å². The fraction of sp³-hybridized carbons (Fsp3) is 0.273. The topological polar surface area (TPSA) is 77.8 Å². The van der Waals surface area contributed by atoms with Gasteiger partial charge in [0.2, 0.25) is 0 Å². The molecule has 1 aliphatic rings. The molecule has 150 valence electrons. The number of fused-ring (bicyclic) bond motifs is 3. The van der Waals surface area contributed by atoms with Crippen molar-refractivity contribution in [1.29, 1.82) is 0 Å². The lowest BCUT2D eigenvalue weighted by Gasteiger charge is -2.16. The number of carbonyl (C=O) groups is 2. The monoisotopic (exact) mass is 411 g/mol. The number of furan rings is 1. The standard InChI is InChI=1S/C22H21NO5S/c1-13(21(24)23-12-17-4-3-9-27-17)28-22(25)19-11-15-6-5-14-10-16(26-2)7-8-18(14)20(15)29-19/h3-4,7-11,13H,5-6,12H2,1-2H3,(H,23,24)/t13-/m1/s1. The first-order valence-electron chi connectivity index (χ1n) is 9.36. The zero-order valence-electron chi connectivity index (χ0n) is 16.2. The molecule has 7 heteroatoms. The number of esters is 1. The summed E-state index contributed by atoms with van der Waals surface area (Å²) in [4.78, 5) is 26.4. The van der Waals surface area contributed by atoms with Crippen molar-refractivity contribution < 1.29 is 23.5 Å². The number of carbonyl (C=O) groups excluding carboxylic acids is 2. The minimum Gasteiger partial charge on any atom is -0.497 e.